The third kappa shape index (κ3) is 3.77. The van der Waals surface area contributed by atoms with Gasteiger partial charge in [0.1, 0.15) is 0 Å². The monoisotopic (exact) mass is 263 g/mol. The summed E-state index contributed by atoms with van der Waals surface area (Å²) >= 11 is 1.98. The molecule has 2 nitrogen and oxygen atoms in total. The zero-order valence-corrected chi connectivity index (χ0v) is 12.0. The van der Waals surface area contributed by atoms with Crippen LogP contribution in [0.1, 0.15) is 30.4 Å². The number of anilines is 1. The lowest BCUT2D eigenvalue weighted by atomic mass is 10.0. The number of nitrogens with one attached hydrogen (secondary N) is 1. The minimum atomic E-state index is 0.158. The van der Waals surface area contributed by atoms with E-state index in [0.29, 0.717) is 12.3 Å². The summed E-state index contributed by atoms with van der Waals surface area (Å²) in [5.41, 5.74) is 3.41. The van der Waals surface area contributed by atoms with E-state index in [2.05, 4.69) is 25.2 Å². The third-order valence-electron chi connectivity index (χ3n) is 3.52. The number of rotatable bonds is 3. The Morgan fingerprint density at radius 2 is 2.22 bits per heavy atom. The molecular weight excluding hydrogens is 242 g/mol. The Labute approximate surface area is 114 Å². The van der Waals surface area contributed by atoms with Crippen molar-refractivity contribution in [3.05, 3.63) is 29.3 Å². The van der Waals surface area contributed by atoms with E-state index < -0.39 is 0 Å². The van der Waals surface area contributed by atoms with Crippen LogP contribution in [0.3, 0.4) is 0 Å². The van der Waals surface area contributed by atoms with Crippen LogP contribution in [0.5, 0.6) is 0 Å². The van der Waals surface area contributed by atoms with Crippen LogP contribution >= 0.6 is 11.8 Å². The lowest BCUT2D eigenvalue weighted by molar-refractivity contribution is -0.117. The highest BCUT2D eigenvalue weighted by Crippen LogP contribution is 2.25. The second-order valence-electron chi connectivity index (χ2n) is 5.13. The standard InChI is InChI=1S/C15H21NOS/c1-11-5-6-14(8-12(11)2)16-15(17)9-13-4-3-7-18-10-13/h5-6,8,13H,3-4,7,9-10H2,1-2H3,(H,16,17). The lowest BCUT2D eigenvalue weighted by Crippen LogP contribution is -2.20. The number of benzene rings is 1. The van der Waals surface area contributed by atoms with Crippen molar-refractivity contribution in [1.82, 2.24) is 0 Å². The van der Waals surface area contributed by atoms with Crippen molar-refractivity contribution in [2.75, 3.05) is 16.8 Å². The van der Waals surface area contributed by atoms with Crippen molar-refractivity contribution in [2.45, 2.75) is 33.1 Å². The molecule has 3 heteroatoms. The molecule has 0 aliphatic carbocycles. The van der Waals surface area contributed by atoms with Crippen LogP contribution in [0.15, 0.2) is 18.2 Å². The van der Waals surface area contributed by atoms with E-state index in [1.165, 1.54) is 29.7 Å². The molecule has 0 saturated carbocycles. The van der Waals surface area contributed by atoms with Crippen LogP contribution in [-0.4, -0.2) is 17.4 Å². The molecule has 0 aromatic heterocycles. The average molecular weight is 263 g/mol. The highest BCUT2D eigenvalue weighted by molar-refractivity contribution is 7.99. The van der Waals surface area contributed by atoms with Gasteiger partial charge in [0.2, 0.25) is 5.91 Å². The second kappa shape index (κ2) is 6.28. The normalized spacial score (nSPS) is 19.6. The van der Waals surface area contributed by atoms with Crippen molar-refractivity contribution in [2.24, 2.45) is 5.92 Å². The number of carbonyl (C=O) groups excluding carboxylic acids is 1. The van der Waals surface area contributed by atoms with Gasteiger partial charge in [-0.15, -0.1) is 0 Å². The Balaban J connectivity index is 1.88. The zero-order chi connectivity index (χ0) is 13.0. The highest BCUT2D eigenvalue weighted by Gasteiger charge is 2.17. The maximum atomic E-state index is 12.0. The average Bonchev–Trinajstić information content (AvgIpc) is 2.35. The predicted molar refractivity (Wildman–Crippen MR) is 79.2 cm³/mol. The first-order valence-corrected chi connectivity index (χ1v) is 7.75. The summed E-state index contributed by atoms with van der Waals surface area (Å²) < 4.78 is 0. The molecule has 1 aromatic rings. The molecule has 1 aliphatic rings. The van der Waals surface area contributed by atoms with Crippen LogP contribution in [0.4, 0.5) is 5.69 Å². The van der Waals surface area contributed by atoms with Gasteiger partial charge in [-0.3, -0.25) is 4.79 Å². The molecule has 1 unspecified atom stereocenters. The van der Waals surface area contributed by atoms with Gasteiger partial charge in [-0.25, -0.2) is 0 Å². The first kappa shape index (κ1) is 13.5. The Hall–Kier alpha value is -0.960. The van der Waals surface area contributed by atoms with Crippen molar-refractivity contribution in [3.8, 4) is 0 Å². The van der Waals surface area contributed by atoms with Crippen LogP contribution < -0.4 is 5.32 Å². The highest BCUT2D eigenvalue weighted by atomic mass is 32.2. The quantitative estimate of drug-likeness (QED) is 0.899. The van der Waals surface area contributed by atoms with Gasteiger partial charge >= 0.3 is 0 Å². The molecule has 1 aliphatic heterocycles. The molecule has 0 spiro atoms. The fraction of sp³-hybridized carbons (Fsp3) is 0.533. The van der Waals surface area contributed by atoms with Gasteiger partial charge in [0.15, 0.2) is 0 Å². The summed E-state index contributed by atoms with van der Waals surface area (Å²) in [6.45, 7) is 4.16. The van der Waals surface area contributed by atoms with Gasteiger partial charge in [0.05, 0.1) is 0 Å². The van der Waals surface area contributed by atoms with Gasteiger partial charge in [-0.05, 0) is 67.4 Å². The Bertz CT molecular complexity index is 425. The SMILES string of the molecule is Cc1ccc(NC(=O)CC2CCCSC2)cc1C. The number of hydrogen-bond acceptors (Lipinski definition) is 2. The summed E-state index contributed by atoms with van der Waals surface area (Å²) in [7, 11) is 0. The fourth-order valence-electron chi connectivity index (χ4n) is 2.26. The van der Waals surface area contributed by atoms with E-state index in [0.717, 1.165) is 11.4 Å². The van der Waals surface area contributed by atoms with E-state index in [4.69, 9.17) is 0 Å². The topological polar surface area (TPSA) is 29.1 Å². The van der Waals surface area contributed by atoms with Gasteiger partial charge in [-0.2, -0.15) is 11.8 Å². The molecule has 18 heavy (non-hydrogen) atoms. The number of hydrogen-bond donors (Lipinski definition) is 1. The summed E-state index contributed by atoms with van der Waals surface area (Å²) in [6.07, 6.45) is 3.12. The maximum Gasteiger partial charge on any atom is 0.224 e. The zero-order valence-electron chi connectivity index (χ0n) is 11.2. The summed E-state index contributed by atoms with van der Waals surface area (Å²) in [5, 5.41) is 3.01. The minimum Gasteiger partial charge on any atom is -0.326 e. The molecule has 1 heterocycles. The predicted octanol–water partition coefficient (Wildman–Crippen LogP) is 3.78. The Kier molecular flexibility index (Phi) is 4.70. The number of aryl methyl sites for hydroxylation is 2. The van der Waals surface area contributed by atoms with Gasteiger partial charge in [0, 0.05) is 12.1 Å². The smallest absolute Gasteiger partial charge is 0.224 e. The van der Waals surface area contributed by atoms with E-state index in [1.54, 1.807) is 0 Å². The number of carbonyl (C=O) groups is 1. The van der Waals surface area contributed by atoms with Gasteiger partial charge < -0.3 is 5.32 Å². The molecule has 1 amide bonds. The van der Waals surface area contributed by atoms with Crippen molar-refractivity contribution >= 4 is 23.4 Å². The van der Waals surface area contributed by atoms with E-state index in [9.17, 15) is 4.79 Å². The first-order chi connectivity index (χ1) is 8.65. The van der Waals surface area contributed by atoms with Crippen LogP contribution in [0.25, 0.3) is 0 Å². The molecule has 1 N–H and O–H groups in total. The summed E-state index contributed by atoms with van der Waals surface area (Å²) in [5.74, 6) is 3.12. The number of amides is 1. The van der Waals surface area contributed by atoms with Crippen molar-refractivity contribution in [1.29, 1.82) is 0 Å². The molecule has 1 saturated heterocycles. The van der Waals surface area contributed by atoms with E-state index in [1.807, 2.05) is 23.9 Å². The maximum absolute atomic E-state index is 12.0. The van der Waals surface area contributed by atoms with Gasteiger partial charge in [0.25, 0.3) is 0 Å². The molecular formula is C15H21NOS. The molecule has 2 rings (SSSR count). The van der Waals surface area contributed by atoms with Crippen molar-refractivity contribution < 1.29 is 4.79 Å². The van der Waals surface area contributed by atoms with E-state index >= 15 is 0 Å². The number of thioether (sulfide) groups is 1. The largest absolute Gasteiger partial charge is 0.326 e. The fourth-order valence-corrected chi connectivity index (χ4v) is 3.42. The van der Waals surface area contributed by atoms with Crippen LogP contribution in [0, 0.1) is 19.8 Å². The van der Waals surface area contributed by atoms with Gasteiger partial charge in [-0.1, -0.05) is 6.07 Å². The van der Waals surface area contributed by atoms with E-state index in [-0.39, 0.29) is 5.91 Å². The van der Waals surface area contributed by atoms with Crippen molar-refractivity contribution in [3.63, 3.8) is 0 Å². The van der Waals surface area contributed by atoms with Crippen LogP contribution in [0.2, 0.25) is 0 Å². The Morgan fingerprint density at radius 3 is 2.89 bits per heavy atom. The summed E-state index contributed by atoms with van der Waals surface area (Å²) in [6, 6.07) is 6.08. The molecule has 0 bridgehead atoms. The summed E-state index contributed by atoms with van der Waals surface area (Å²) in [4.78, 5) is 12.0. The molecule has 1 atom stereocenters. The molecule has 98 valence electrons. The lowest BCUT2D eigenvalue weighted by Gasteiger charge is -2.20. The third-order valence-corrected chi connectivity index (χ3v) is 4.80. The molecule has 1 aromatic carbocycles. The van der Waals surface area contributed by atoms with Crippen LogP contribution in [-0.2, 0) is 4.79 Å². The minimum absolute atomic E-state index is 0.158. The molecule has 1 fully saturated rings. The molecule has 0 radical (unpaired) electrons. The second-order valence-corrected chi connectivity index (χ2v) is 6.28. The Morgan fingerprint density at radius 1 is 1.39 bits per heavy atom. The first-order valence-electron chi connectivity index (χ1n) is 6.60.